The molecule has 3 amide bonds. The number of urea groups is 1. The van der Waals surface area contributed by atoms with E-state index in [2.05, 4.69) is 16.0 Å². The van der Waals surface area contributed by atoms with Gasteiger partial charge in [0.15, 0.2) is 0 Å². The van der Waals surface area contributed by atoms with E-state index in [1.807, 2.05) is 11.8 Å². The first-order chi connectivity index (χ1) is 14.1. The van der Waals surface area contributed by atoms with Crippen molar-refractivity contribution in [2.45, 2.75) is 69.4 Å². The standard InChI is InChI=1S/C19H31N3O7S/c1-19(2,16(26)17(27)20-8-7-13(23)24)10-29-14(25)6-4-3-5-12-15-11(9-30-12)21-18(28)22-15/h11-12,15-16,26H,3-10H2,1-2H3,(H,20,27)(H,23,24)(H2,21,22,28)/t11-,12-,15-,16?/m0/s1. The highest BCUT2D eigenvalue weighted by molar-refractivity contribution is 8.00. The van der Waals surface area contributed by atoms with E-state index in [0.29, 0.717) is 11.7 Å². The van der Waals surface area contributed by atoms with Gasteiger partial charge in [0.2, 0.25) is 5.91 Å². The number of hydrogen-bond acceptors (Lipinski definition) is 7. The topological polar surface area (TPSA) is 154 Å². The Balaban J connectivity index is 1.61. The molecule has 0 saturated carbocycles. The van der Waals surface area contributed by atoms with Gasteiger partial charge in [-0.25, -0.2) is 4.79 Å². The number of rotatable bonds is 12. The summed E-state index contributed by atoms with van der Waals surface area (Å²) in [7, 11) is 0. The van der Waals surface area contributed by atoms with Crippen molar-refractivity contribution in [3.63, 3.8) is 0 Å². The molecule has 0 aromatic heterocycles. The minimum absolute atomic E-state index is 0.0816. The lowest BCUT2D eigenvalue weighted by molar-refractivity contribution is -0.153. The van der Waals surface area contributed by atoms with E-state index in [0.717, 1.165) is 18.6 Å². The molecule has 170 valence electrons. The average molecular weight is 446 g/mol. The Morgan fingerprint density at radius 1 is 1.27 bits per heavy atom. The van der Waals surface area contributed by atoms with Crippen molar-refractivity contribution >= 4 is 35.6 Å². The molecule has 0 aliphatic carbocycles. The van der Waals surface area contributed by atoms with Crippen molar-refractivity contribution in [1.29, 1.82) is 0 Å². The van der Waals surface area contributed by atoms with Gasteiger partial charge in [0, 0.05) is 29.4 Å². The second-order valence-electron chi connectivity index (χ2n) is 8.35. The number of aliphatic hydroxyl groups is 1. The molecule has 2 aliphatic heterocycles. The minimum atomic E-state index is -1.43. The lowest BCUT2D eigenvalue weighted by Gasteiger charge is -2.29. The summed E-state index contributed by atoms with van der Waals surface area (Å²) < 4.78 is 5.23. The third-order valence-corrected chi connectivity index (χ3v) is 6.80. The summed E-state index contributed by atoms with van der Waals surface area (Å²) in [6.45, 7) is 2.99. The van der Waals surface area contributed by atoms with Crippen molar-refractivity contribution in [1.82, 2.24) is 16.0 Å². The number of carbonyl (C=O) groups excluding carboxylic acids is 3. The van der Waals surface area contributed by atoms with Crippen molar-refractivity contribution in [2.75, 3.05) is 18.9 Å². The quantitative estimate of drug-likeness (QED) is 0.163. The Labute approximate surface area is 179 Å². The van der Waals surface area contributed by atoms with Gasteiger partial charge in [0.25, 0.3) is 0 Å². The first kappa shape index (κ1) is 24.3. The number of amides is 3. The molecular weight excluding hydrogens is 414 g/mol. The number of esters is 1. The first-order valence-electron chi connectivity index (χ1n) is 10.1. The van der Waals surface area contributed by atoms with Gasteiger partial charge in [-0.15, -0.1) is 0 Å². The van der Waals surface area contributed by atoms with Crippen LogP contribution in [0.15, 0.2) is 0 Å². The highest BCUT2D eigenvalue weighted by atomic mass is 32.2. The third-order valence-electron chi connectivity index (χ3n) is 5.29. The van der Waals surface area contributed by atoms with Gasteiger partial charge in [0.1, 0.15) is 6.10 Å². The molecule has 10 nitrogen and oxygen atoms in total. The van der Waals surface area contributed by atoms with Crippen molar-refractivity contribution in [3.8, 4) is 0 Å². The number of nitrogens with one attached hydrogen (secondary N) is 3. The SMILES string of the molecule is CC(C)(COC(=O)CCCC[C@@H]1SC[C@@H]2NC(=O)N[C@@H]21)C(O)C(=O)NCCC(=O)O. The highest BCUT2D eigenvalue weighted by Gasteiger charge is 2.42. The van der Waals surface area contributed by atoms with Crippen LogP contribution in [0.25, 0.3) is 0 Å². The second kappa shape index (κ2) is 10.9. The highest BCUT2D eigenvalue weighted by Crippen LogP contribution is 2.33. The van der Waals surface area contributed by atoms with Gasteiger partial charge in [-0.1, -0.05) is 20.3 Å². The van der Waals surface area contributed by atoms with E-state index in [9.17, 15) is 24.3 Å². The lowest BCUT2D eigenvalue weighted by Crippen LogP contribution is -2.46. The predicted molar refractivity (Wildman–Crippen MR) is 110 cm³/mol. The largest absolute Gasteiger partial charge is 0.481 e. The third kappa shape index (κ3) is 7.05. The van der Waals surface area contributed by atoms with E-state index in [1.54, 1.807) is 13.8 Å². The number of carbonyl (C=O) groups is 4. The fourth-order valence-corrected chi connectivity index (χ4v) is 4.96. The zero-order valence-corrected chi connectivity index (χ0v) is 18.1. The number of aliphatic carboxylic acids is 1. The molecule has 5 N–H and O–H groups in total. The van der Waals surface area contributed by atoms with Crippen molar-refractivity contribution in [3.05, 3.63) is 0 Å². The van der Waals surface area contributed by atoms with Crippen LogP contribution in [0, 0.1) is 5.41 Å². The monoisotopic (exact) mass is 445 g/mol. The average Bonchev–Trinajstić information content (AvgIpc) is 3.22. The number of unbranched alkanes of at least 4 members (excludes halogenated alkanes) is 1. The van der Waals surface area contributed by atoms with Crippen LogP contribution < -0.4 is 16.0 Å². The molecule has 4 atom stereocenters. The summed E-state index contributed by atoms with van der Waals surface area (Å²) in [5.74, 6) is -1.24. The summed E-state index contributed by atoms with van der Waals surface area (Å²) in [4.78, 5) is 45.8. The summed E-state index contributed by atoms with van der Waals surface area (Å²) in [6.07, 6.45) is 0.977. The molecule has 2 fully saturated rings. The van der Waals surface area contributed by atoms with Crippen molar-refractivity contribution in [2.24, 2.45) is 5.41 Å². The normalized spacial score (nSPS) is 23.8. The van der Waals surface area contributed by atoms with Crippen LogP contribution in [0.3, 0.4) is 0 Å². The number of carboxylic acid groups (broad SMARTS) is 1. The number of ether oxygens (including phenoxy) is 1. The smallest absolute Gasteiger partial charge is 0.315 e. The fourth-order valence-electron chi connectivity index (χ4n) is 3.42. The number of carboxylic acids is 1. The molecule has 2 heterocycles. The maximum atomic E-state index is 12.0. The van der Waals surface area contributed by atoms with Gasteiger partial charge in [-0.3, -0.25) is 14.4 Å². The van der Waals surface area contributed by atoms with Crippen LogP contribution in [0.1, 0.15) is 46.0 Å². The predicted octanol–water partition coefficient (Wildman–Crippen LogP) is 0.233. The van der Waals surface area contributed by atoms with Gasteiger partial charge >= 0.3 is 18.0 Å². The Morgan fingerprint density at radius 2 is 2.00 bits per heavy atom. The van der Waals surface area contributed by atoms with Gasteiger partial charge in [-0.05, 0) is 12.8 Å². The Hall–Kier alpha value is -2.01. The molecule has 0 radical (unpaired) electrons. The van der Waals surface area contributed by atoms with Gasteiger partial charge in [0.05, 0.1) is 25.1 Å². The van der Waals surface area contributed by atoms with Crippen molar-refractivity contribution < 1.29 is 34.1 Å². The number of fused-ring (bicyclic) bond motifs is 1. The first-order valence-corrected chi connectivity index (χ1v) is 11.2. The van der Waals surface area contributed by atoms with E-state index in [4.69, 9.17) is 9.84 Å². The molecule has 2 saturated heterocycles. The van der Waals surface area contributed by atoms with Crippen LogP contribution in [0.2, 0.25) is 0 Å². The fraction of sp³-hybridized carbons (Fsp3) is 0.789. The Kier molecular flexibility index (Phi) is 8.78. The minimum Gasteiger partial charge on any atom is -0.481 e. The zero-order valence-electron chi connectivity index (χ0n) is 17.3. The molecule has 0 aromatic carbocycles. The van der Waals surface area contributed by atoms with Crippen LogP contribution >= 0.6 is 11.8 Å². The van der Waals surface area contributed by atoms with Crippen LogP contribution in [-0.2, 0) is 19.1 Å². The van der Waals surface area contributed by atoms with Gasteiger partial charge in [-0.2, -0.15) is 11.8 Å². The molecule has 0 aromatic rings. The molecule has 2 aliphatic rings. The number of thioether (sulfide) groups is 1. The van der Waals surface area contributed by atoms with E-state index in [1.165, 1.54) is 0 Å². The Morgan fingerprint density at radius 3 is 2.70 bits per heavy atom. The number of hydrogen-bond donors (Lipinski definition) is 5. The molecule has 11 heteroatoms. The van der Waals surface area contributed by atoms with E-state index in [-0.39, 0.29) is 44.1 Å². The second-order valence-corrected chi connectivity index (χ2v) is 9.63. The summed E-state index contributed by atoms with van der Waals surface area (Å²) in [5, 5.41) is 27.3. The lowest BCUT2D eigenvalue weighted by atomic mass is 9.87. The number of aliphatic hydroxyl groups excluding tert-OH is 1. The summed E-state index contributed by atoms with van der Waals surface area (Å²) in [6, 6.07) is 0.227. The van der Waals surface area contributed by atoms with Crippen LogP contribution in [-0.4, -0.2) is 76.4 Å². The maximum Gasteiger partial charge on any atom is 0.315 e. The van der Waals surface area contributed by atoms with Gasteiger partial charge < -0.3 is 30.9 Å². The molecule has 2 rings (SSSR count). The maximum absolute atomic E-state index is 12.0. The summed E-state index contributed by atoms with van der Waals surface area (Å²) >= 11 is 1.83. The zero-order chi connectivity index (χ0) is 22.3. The molecular formula is C19H31N3O7S. The van der Waals surface area contributed by atoms with Crippen LogP contribution in [0.5, 0.6) is 0 Å². The van der Waals surface area contributed by atoms with Crippen LogP contribution in [0.4, 0.5) is 4.79 Å². The molecule has 0 spiro atoms. The molecule has 0 bridgehead atoms. The van der Waals surface area contributed by atoms with E-state index < -0.39 is 29.4 Å². The Bertz CT molecular complexity index is 658. The van der Waals surface area contributed by atoms with E-state index >= 15 is 0 Å². The summed E-state index contributed by atoms with van der Waals surface area (Å²) in [5.41, 5.74) is -1.01. The molecule has 30 heavy (non-hydrogen) atoms. The molecule has 1 unspecified atom stereocenters.